The van der Waals surface area contributed by atoms with E-state index in [0.29, 0.717) is 17.1 Å². The highest BCUT2D eigenvalue weighted by molar-refractivity contribution is 5.95. The van der Waals surface area contributed by atoms with Gasteiger partial charge in [0, 0.05) is 5.69 Å². The molecular formula is C16H15F3N2O2. The fourth-order valence-electron chi connectivity index (χ4n) is 1.90. The number of amides is 1. The van der Waals surface area contributed by atoms with E-state index in [1.54, 1.807) is 24.3 Å². The minimum absolute atomic E-state index is 0.0799. The Morgan fingerprint density at radius 3 is 2.35 bits per heavy atom. The molecule has 0 bridgehead atoms. The Morgan fingerprint density at radius 1 is 1.09 bits per heavy atom. The lowest BCUT2D eigenvalue weighted by molar-refractivity contribution is -0.137. The number of anilines is 2. The van der Waals surface area contributed by atoms with E-state index in [-0.39, 0.29) is 12.5 Å². The van der Waals surface area contributed by atoms with E-state index in [2.05, 4.69) is 10.6 Å². The van der Waals surface area contributed by atoms with Gasteiger partial charge in [-0.25, -0.2) is 0 Å². The number of alkyl halides is 3. The molecule has 0 aliphatic carbocycles. The fourth-order valence-corrected chi connectivity index (χ4v) is 1.90. The normalized spacial score (nSPS) is 11.0. The first kappa shape index (κ1) is 16.7. The zero-order chi connectivity index (χ0) is 16.9. The van der Waals surface area contributed by atoms with E-state index in [4.69, 9.17) is 4.74 Å². The van der Waals surface area contributed by atoms with Gasteiger partial charge in [0.15, 0.2) is 0 Å². The molecule has 2 N–H and O–H groups in total. The summed E-state index contributed by atoms with van der Waals surface area (Å²) >= 11 is 0. The van der Waals surface area contributed by atoms with Crippen LogP contribution >= 0.6 is 0 Å². The standard InChI is InChI=1S/C16H15F3N2O2/c1-23-14-5-3-2-4-13(14)21-15(22)10-20-12-8-6-11(7-9-12)16(17,18)19/h2-9,20H,10H2,1H3,(H,21,22). The number of ether oxygens (including phenoxy) is 1. The van der Waals surface area contributed by atoms with E-state index >= 15 is 0 Å². The predicted octanol–water partition coefficient (Wildman–Crippen LogP) is 3.76. The molecule has 0 heterocycles. The number of carbonyl (C=O) groups excluding carboxylic acids is 1. The van der Waals surface area contributed by atoms with Crippen molar-refractivity contribution in [2.45, 2.75) is 6.18 Å². The SMILES string of the molecule is COc1ccccc1NC(=O)CNc1ccc(C(F)(F)F)cc1. The quantitative estimate of drug-likeness (QED) is 0.880. The second-order valence-corrected chi connectivity index (χ2v) is 4.68. The van der Waals surface area contributed by atoms with Crippen molar-refractivity contribution in [2.75, 3.05) is 24.3 Å². The van der Waals surface area contributed by atoms with Crippen LogP contribution in [0.15, 0.2) is 48.5 Å². The number of hydrogen-bond acceptors (Lipinski definition) is 3. The van der Waals surface area contributed by atoms with Crippen LogP contribution in [-0.2, 0) is 11.0 Å². The van der Waals surface area contributed by atoms with Gasteiger partial charge in [-0.05, 0) is 36.4 Å². The van der Waals surface area contributed by atoms with Crippen LogP contribution in [0.2, 0.25) is 0 Å². The number of para-hydroxylation sites is 2. The third-order valence-corrected chi connectivity index (χ3v) is 3.05. The smallest absolute Gasteiger partial charge is 0.416 e. The molecule has 4 nitrogen and oxygen atoms in total. The van der Waals surface area contributed by atoms with E-state index in [0.717, 1.165) is 12.1 Å². The van der Waals surface area contributed by atoms with Crippen molar-refractivity contribution in [3.8, 4) is 5.75 Å². The van der Waals surface area contributed by atoms with Crippen molar-refractivity contribution in [3.63, 3.8) is 0 Å². The number of methoxy groups -OCH3 is 1. The van der Waals surface area contributed by atoms with E-state index in [1.807, 2.05) is 0 Å². The summed E-state index contributed by atoms with van der Waals surface area (Å²) in [7, 11) is 1.49. The topological polar surface area (TPSA) is 50.4 Å². The second-order valence-electron chi connectivity index (χ2n) is 4.68. The lowest BCUT2D eigenvalue weighted by atomic mass is 10.2. The second kappa shape index (κ2) is 7.04. The molecule has 0 radical (unpaired) electrons. The minimum atomic E-state index is -4.38. The van der Waals surface area contributed by atoms with Gasteiger partial charge >= 0.3 is 6.18 Å². The monoisotopic (exact) mass is 324 g/mol. The molecule has 0 aliphatic rings. The van der Waals surface area contributed by atoms with Crippen LogP contribution in [0.1, 0.15) is 5.56 Å². The Balaban J connectivity index is 1.92. The van der Waals surface area contributed by atoms with Gasteiger partial charge in [0.1, 0.15) is 5.75 Å². The van der Waals surface area contributed by atoms with Crippen LogP contribution in [0.25, 0.3) is 0 Å². The Labute approximate surface area is 131 Å². The number of benzene rings is 2. The average molecular weight is 324 g/mol. The van der Waals surface area contributed by atoms with E-state index in [1.165, 1.54) is 19.2 Å². The summed E-state index contributed by atoms with van der Waals surface area (Å²) in [5.74, 6) is 0.185. The molecular weight excluding hydrogens is 309 g/mol. The highest BCUT2D eigenvalue weighted by Crippen LogP contribution is 2.29. The molecule has 122 valence electrons. The minimum Gasteiger partial charge on any atom is -0.495 e. The van der Waals surface area contributed by atoms with Gasteiger partial charge in [-0.1, -0.05) is 12.1 Å². The highest BCUT2D eigenvalue weighted by Gasteiger charge is 2.29. The lowest BCUT2D eigenvalue weighted by Crippen LogP contribution is -2.22. The fraction of sp³-hybridized carbons (Fsp3) is 0.188. The van der Waals surface area contributed by atoms with Crippen molar-refractivity contribution in [1.29, 1.82) is 0 Å². The van der Waals surface area contributed by atoms with Crippen molar-refractivity contribution >= 4 is 17.3 Å². The summed E-state index contributed by atoms with van der Waals surface area (Å²) in [5, 5.41) is 5.42. The zero-order valence-electron chi connectivity index (χ0n) is 12.3. The molecule has 2 aromatic rings. The van der Waals surface area contributed by atoms with Crippen LogP contribution in [0, 0.1) is 0 Å². The summed E-state index contributed by atoms with van der Waals surface area (Å²) < 4.78 is 42.5. The first-order valence-corrected chi connectivity index (χ1v) is 6.74. The number of rotatable bonds is 5. The number of nitrogens with one attached hydrogen (secondary N) is 2. The molecule has 0 fully saturated rings. The molecule has 0 saturated heterocycles. The average Bonchev–Trinajstić information content (AvgIpc) is 2.53. The maximum atomic E-state index is 12.5. The predicted molar refractivity (Wildman–Crippen MR) is 81.6 cm³/mol. The summed E-state index contributed by atoms with van der Waals surface area (Å²) in [5.41, 5.74) is 0.212. The largest absolute Gasteiger partial charge is 0.495 e. The van der Waals surface area contributed by atoms with Crippen LogP contribution in [0.4, 0.5) is 24.5 Å². The summed E-state index contributed by atoms with van der Waals surface area (Å²) in [4.78, 5) is 11.9. The first-order chi connectivity index (χ1) is 10.9. The molecule has 0 aliphatic heterocycles. The third kappa shape index (κ3) is 4.64. The molecule has 2 rings (SSSR count). The Hall–Kier alpha value is -2.70. The van der Waals surface area contributed by atoms with Crippen LogP contribution in [0.5, 0.6) is 5.75 Å². The van der Waals surface area contributed by atoms with Gasteiger partial charge in [-0.15, -0.1) is 0 Å². The van der Waals surface area contributed by atoms with Gasteiger partial charge in [0.05, 0.1) is 24.9 Å². The summed E-state index contributed by atoms with van der Waals surface area (Å²) in [6.07, 6.45) is -4.38. The first-order valence-electron chi connectivity index (χ1n) is 6.74. The Morgan fingerprint density at radius 2 is 1.74 bits per heavy atom. The van der Waals surface area contributed by atoms with E-state index < -0.39 is 11.7 Å². The van der Waals surface area contributed by atoms with Gasteiger partial charge < -0.3 is 15.4 Å². The van der Waals surface area contributed by atoms with Crippen LogP contribution < -0.4 is 15.4 Å². The summed E-state index contributed by atoms with van der Waals surface area (Å²) in [6, 6.07) is 11.4. The Kier molecular flexibility index (Phi) is 5.10. The molecule has 1 amide bonds. The molecule has 0 saturated carbocycles. The van der Waals surface area contributed by atoms with Gasteiger partial charge in [0.2, 0.25) is 5.91 Å². The van der Waals surface area contributed by atoms with Crippen molar-refractivity contribution < 1.29 is 22.7 Å². The lowest BCUT2D eigenvalue weighted by Gasteiger charge is -2.11. The van der Waals surface area contributed by atoms with Gasteiger partial charge in [-0.3, -0.25) is 4.79 Å². The highest BCUT2D eigenvalue weighted by atomic mass is 19.4. The maximum Gasteiger partial charge on any atom is 0.416 e. The molecule has 2 aromatic carbocycles. The summed E-state index contributed by atoms with van der Waals surface area (Å²) in [6.45, 7) is -0.0799. The zero-order valence-corrected chi connectivity index (χ0v) is 12.3. The van der Waals surface area contributed by atoms with Crippen molar-refractivity contribution in [3.05, 3.63) is 54.1 Å². The molecule has 0 aromatic heterocycles. The molecule has 0 unspecified atom stereocenters. The molecule has 7 heteroatoms. The molecule has 0 atom stereocenters. The third-order valence-electron chi connectivity index (χ3n) is 3.05. The van der Waals surface area contributed by atoms with Gasteiger partial charge in [-0.2, -0.15) is 13.2 Å². The number of carbonyl (C=O) groups is 1. The van der Waals surface area contributed by atoms with Crippen LogP contribution in [0.3, 0.4) is 0 Å². The Bertz CT molecular complexity index is 670. The van der Waals surface area contributed by atoms with Crippen molar-refractivity contribution in [2.24, 2.45) is 0 Å². The number of hydrogen-bond donors (Lipinski definition) is 2. The van der Waals surface area contributed by atoms with Crippen molar-refractivity contribution in [1.82, 2.24) is 0 Å². The maximum absolute atomic E-state index is 12.5. The van der Waals surface area contributed by atoms with Gasteiger partial charge in [0.25, 0.3) is 0 Å². The van der Waals surface area contributed by atoms with E-state index in [9.17, 15) is 18.0 Å². The van der Waals surface area contributed by atoms with Crippen LogP contribution in [-0.4, -0.2) is 19.6 Å². The molecule has 23 heavy (non-hydrogen) atoms. The molecule has 0 spiro atoms. The number of halogens is 3.